The lowest BCUT2D eigenvalue weighted by molar-refractivity contribution is 0.131. The van der Waals surface area contributed by atoms with E-state index < -0.39 is 0 Å². The summed E-state index contributed by atoms with van der Waals surface area (Å²) in [6, 6.07) is 0. The Morgan fingerprint density at radius 2 is 1.38 bits per heavy atom. The third-order valence-corrected chi connectivity index (χ3v) is 2.71. The van der Waals surface area contributed by atoms with E-state index in [2.05, 4.69) is 52.3 Å². The standard InChI is InChI=1S/C10H21NS2/c1-9(2,3)11(8(12)13-7)10(4,5)6/h13H,7H2,1-6H3. The zero-order chi connectivity index (χ0) is 10.9. The van der Waals surface area contributed by atoms with Crippen molar-refractivity contribution in [2.24, 2.45) is 0 Å². The van der Waals surface area contributed by atoms with Crippen LogP contribution >= 0.6 is 23.6 Å². The highest BCUT2D eigenvalue weighted by Gasteiger charge is 2.32. The Balaban J connectivity index is 5.00. The minimum absolute atomic E-state index is 0.0695. The fourth-order valence-electron chi connectivity index (χ4n) is 1.65. The first-order chi connectivity index (χ1) is 5.60. The maximum Gasteiger partial charge on any atom is 0.128 e. The fourth-order valence-corrected chi connectivity index (χ4v) is 2.94. The predicted molar refractivity (Wildman–Crippen MR) is 70.1 cm³/mol. The molecule has 0 aromatic rings. The van der Waals surface area contributed by atoms with Crippen molar-refractivity contribution in [2.75, 3.05) is 0 Å². The molecule has 0 bridgehead atoms. The molecule has 0 spiro atoms. The molecule has 0 aliphatic carbocycles. The summed E-state index contributed by atoms with van der Waals surface area (Å²) in [6.45, 7) is 13.1. The number of hydrogen-bond acceptors (Lipinski definition) is 1. The molecule has 78 valence electrons. The van der Waals surface area contributed by atoms with Crippen LogP contribution in [0, 0.1) is 0 Å². The minimum Gasteiger partial charge on any atom is -0.348 e. The summed E-state index contributed by atoms with van der Waals surface area (Å²) in [7, 11) is 0. The van der Waals surface area contributed by atoms with Gasteiger partial charge in [-0.3, -0.25) is 0 Å². The summed E-state index contributed by atoms with van der Waals surface area (Å²) in [4.78, 5) is 2.25. The van der Waals surface area contributed by atoms with E-state index >= 15 is 0 Å². The van der Waals surface area contributed by atoms with Crippen LogP contribution in [0.4, 0.5) is 0 Å². The molecule has 0 N–H and O–H groups in total. The second-order valence-corrected chi connectivity index (χ2v) is 6.55. The summed E-state index contributed by atoms with van der Waals surface area (Å²) in [6.07, 6.45) is 0. The molecular formula is C10H21NS2. The highest BCUT2D eigenvalue weighted by Crippen LogP contribution is 2.26. The van der Waals surface area contributed by atoms with Gasteiger partial charge in [-0.15, -0.1) is 11.4 Å². The zero-order valence-electron chi connectivity index (χ0n) is 9.51. The Hall–Kier alpha value is 0.110. The topological polar surface area (TPSA) is 3.24 Å². The van der Waals surface area contributed by atoms with Crippen LogP contribution in [0.5, 0.6) is 0 Å². The number of rotatable bonds is 0. The summed E-state index contributed by atoms with van der Waals surface area (Å²) in [5, 5.41) is 0. The van der Waals surface area contributed by atoms with Gasteiger partial charge < -0.3 is 4.90 Å². The Labute approximate surface area is 91.5 Å². The highest BCUT2D eigenvalue weighted by molar-refractivity contribution is 8.20. The molecule has 3 heteroatoms. The van der Waals surface area contributed by atoms with Crippen molar-refractivity contribution in [1.82, 2.24) is 4.90 Å². The second kappa shape index (κ2) is 4.09. The van der Waals surface area contributed by atoms with E-state index in [0.29, 0.717) is 0 Å². The molecule has 0 saturated carbocycles. The van der Waals surface area contributed by atoms with Crippen molar-refractivity contribution in [3.05, 3.63) is 0 Å². The van der Waals surface area contributed by atoms with Gasteiger partial charge in [0.25, 0.3) is 0 Å². The molecule has 0 radical (unpaired) electrons. The van der Waals surface area contributed by atoms with E-state index in [1.807, 2.05) is 0 Å². The molecule has 0 rings (SSSR count). The largest absolute Gasteiger partial charge is 0.348 e. The van der Waals surface area contributed by atoms with Crippen molar-refractivity contribution < 1.29 is 0 Å². The molecule has 0 aromatic carbocycles. The van der Waals surface area contributed by atoms with E-state index in [1.54, 1.807) is 0 Å². The normalized spacial score (nSPS) is 12.8. The van der Waals surface area contributed by atoms with Crippen LogP contribution in [-0.2, 0) is 0 Å². The van der Waals surface area contributed by atoms with Crippen LogP contribution in [0.2, 0.25) is 0 Å². The number of nitrogens with zero attached hydrogens (tertiary/aromatic N) is 1. The Bertz CT molecular complexity index is 194. The lowest BCUT2D eigenvalue weighted by Crippen LogP contribution is -2.53. The lowest BCUT2D eigenvalue weighted by atomic mass is 9.97. The molecule has 13 heavy (non-hydrogen) atoms. The average Bonchev–Trinajstić information content (AvgIpc) is 1.80. The van der Waals surface area contributed by atoms with E-state index in [0.717, 1.165) is 15.7 Å². The quantitative estimate of drug-likeness (QED) is 0.493. The summed E-state index contributed by atoms with van der Waals surface area (Å²) in [5.74, 6) is 3.82. The number of hydrogen-bond donors (Lipinski definition) is 1. The highest BCUT2D eigenvalue weighted by atomic mass is 32.2. The van der Waals surface area contributed by atoms with Gasteiger partial charge in [-0.25, -0.2) is 0 Å². The van der Waals surface area contributed by atoms with Gasteiger partial charge >= 0.3 is 0 Å². The molecule has 0 aliphatic rings. The molecular weight excluding hydrogens is 198 g/mol. The SMILES string of the molecule is C=[SH]C(=S)N(C(C)(C)C)C(C)(C)C. The maximum absolute atomic E-state index is 5.32. The number of thiol groups is 1. The van der Waals surface area contributed by atoms with Gasteiger partial charge in [-0.1, -0.05) is 18.1 Å². The van der Waals surface area contributed by atoms with E-state index in [1.165, 1.54) is 0 Å². The fraction of sp³-hybridized carbons (Fsp3) is 0.800. The van der Waals surface area contributed by atoms with Crippen molar-refractivity contribution >= 4 is 33.8 Å². The molecule has 0 unspecified atom stereocenters. The molecule has 0 aromatic heterocycles. The second-order valence-electron chi connectivity index (χ2n) is 5.12. The first-order valence-corrected chi connectivity index (χ1v) is 5.90. The van der Waals surface area contributed by atoms with Gasteiger partial charge in [0.2, 0.25) is 0 Å². The smallest absolute Gasteiger partial charge is 0.128 e. The van der Waals surface area contributed by atoms with Gasteiger partial charge in [-0.2, -0.15) is 0 Å². The Kier molecular flexibility index (Phi) is 4.13. The van der Waals surface area contributed by atoms with Crippen LogP contribution in [0.25, 0.3) is 0 Å². The molecule has 0 saturated heterocycles. The Morgan fingerprint density at radius 1 is 1.08 bits per heavy atom. The third-order valence-electron chi connectivity index (χ3n) is 1.67. The van der Waals surface area contributed by atoms with E-state index in [9.17, 15) is 0 Å². The summed E-state index contributed by atoms with van der Waals surface area (Å²) in [5.41, 5.74) is 0.139. The van der Waals surface area contributed by atoms with Crippen LogP contribution in [0.3, 0.4) is 0 Å². The van der Waals surface area contributed by atoms with Crippen LogP contribution in [0.1, 0.15) is 41.5 Å². The molecule has 0 heterocycles. The first-order valence-electron chi connectivity index (χ1n) is 4.41. The molecule has 1 nitrogen and oxygen atoms in total. The van der Waals surface area contributed by atoms with Crippen LogP contribution in [-0.4, -0.2) is 26.2 Å². The van der Waals surface area contributed by atoms with Gasteiger partial charge in [0.15, 0.2) is 0 Å². The number of thiocarbonyl (C=S) groups is 1. The Morgan fingerprint density at radius 3 is 1.46 bits per heavy atom. The van der Waals surface area contributed by atoms with Gasteiger partial charge in [-0.05, 0) is 41.5 Å². The van der Waals surface area contributed by atoms with Crippen molar-refractivity contribution in [3.8, 4) is 0 Å². The molecule has 0 fully saturated rings. The van der Waals surface area contributed by atoms with E-state index in [4.69, 9.17) is 12.2 Å². The zero-order valence-corrected chi connectivity index (χ0v) is 11.2. The summed E-state index contributed by atoms with van der Waals surface area (Å²) >= 11 is 6.25. The third kappa shape index (κ3) is 3.77. The van der Waals surface area contributed by atoms with Gasteiger partial charge in [0.05, 0.1) is 0 Å². The minimum atomic E-state index is 0.0695. The molecule has 0 amide bonds. The predicted octanol–water partition coefficient (Wildman–Crippen LogP) is 3.07. The van der Waals surface area contributed by atoms with Crippen molar-refractivity contribution in [2.45, 2.75) is 52.6 Å². The average molecular weight is 219 g/mol. The lowest BCUT2D eigenvalue weighted by Gasteiger charge is -2.46. The van der Waals surface area contributed by atoms with Crippen molar-refractivity contribution in [1.29, 1.82) is 0 Å². The van der Waals surface area contributed by atoms with Gasteiger partial charge in [0, 0.05) is 11.1 Å². The molecule has 0 aliphatic heterocycles. The maximum atomic E-state index is 5.32. The monoisotopic (exact) mass is 219 g/mol. The van der Waals surface area contributed by atoms with E-state index in [-0.39, 0.29) is 11.1 Å². The summed E-state index contributed by atoms with van der Waals surface area (Å²) < 4.78 is 0.917. The van der Waals surface area contributed by atoms with Crippen LogP contribution in [0.15, 0.2) is 0 Å². The van der Waals surface area contributed by atoms with Crippen molar-refractivity contribution in [3.63, 3.8) is 0 Å². The first kappa shape index (κ1) is 13.1. The van der Waals surface area contributed by atoms with Crippen LogP contribution < -0.4 is 0 Å². The molecule has 0 atom stereocenters. The van der Waals surface area contributed by atoms with Gasteiger partial charge in [0.1, 0.15) is 4.32 Å².